The molecule has 0 saturated carbocycles. The van der Waals surface area contributed by atoms with Crippen LogP contribution in [0.5, 0.6) is 0 Å². The number of carboxylic acids is 1. The fraction of sp³-hybridized carbons (Fsp3) is 0.357. The minimum atomic E-state index is -0.900. The Balaban J connectivity index is 2.56. The Bertz CT molecular complexity index is 643. The lowest BCUT2D eigenvalue weighted by molar-refractivity contribution is -0.137. The lowest BCUT2D eigenvalue weighted by Gasteiger charge is -2.04. The number of nitrogens with zero attached hydrogens (tertiary/aromatic N) is 2. The van der Waals surface area contributed by atoms with Crippen molar-refractivity contribution in [2.45, 2.75) is 33.2 Å². The van der Waals surface area contributed by atoms with Gasteiger partial charge in [0.05, 0.1) is 11.0 Å². The summed E-state index contributed by atoms with van der Waals surface area (Å²) in [4.78, 5) is 27.0. The Morgan fingerprint density at radius 1 is 1.32 bits per heavy atom. The van der Waals surface area contributed by atoms with Gasteiger partial charge in [-0.2, -0.15) is 0 Å². The van der Waals surface area contributed by atoms with Gasteiger partial charge in [-0.25, -0.2) is 4.98 Å². The Kier molecular flexibility index (Phi) is 3.64. The van der Waals surface area contributed by atoms with Crippen molar-refractivity contribution in [2.75, 3.05) is 0 Å². The lowest BCUT2D eigenvalue weighted by Crippen LogP contribution is -2.11. The van der Waals surface area contributed by atoms with E-state index < -0.39 is 5.97 Å². The van der Waals surface area contributed by atoms with Crippen LogP contribution in [0, 0.1) is 0 Å². The van der Waals surface area contributed by atoms with E-state index in [9.17, 15) is 9.59 Å². The van der Waals surface area contributed by atoms with Crippen molar-refractivity contribution in [3.8, 4) is 0 Å². The molecule has 2 rings (SSSR count). The molecule has 0 spiro atoms. The second kappa shape index (κ2) is 5.22. The first-order valence-corrected chi connectivity index (χ1v) is 6.31. The molecule has 1 aromatic carbocycles. The predicted octanol–water partition coefficient (Wildman–Crippen LogP) is 2.28. The average molecular weight is 260 g/mol. The molecular weight excluding hydrogens is 244 g/mol. The van der Waals surface area contributed by atoms with Crippen molar-refractivity contribution in [1.29, 1.82) is 0 Å². The lowest BCUT2D eigenvalue weighted by atomic mass is 10.1. The van der Waals surface area contributed by atoms with Gasteiger partial charge in [0.2, 0.25) is 0 Å². The summed E-state index contributed by atoms with van der Waals surface area (Å²) in [6.07, 6.45) is 1.10. The number of rotatable bonds is 5. The number of carbonyl (C=O) groups excluding carboxylic acids is 1. The molecule has 0 aliphatic heterocycles. The number of hydrogen-bond acceptors (Lipinski definition) is 3. The van der Waals surface area contributed by atoms with Gasteiger partial charge in [-0.1, -0.05) is 13.8 Å². The molecule has 0 fully saturated rings. The highest BCUT2D eigenvalue weighted by atomic mass is 16.4. The number of benzene rings is 1. The largest absolute Gasteiger partial charge is 0.480 e. The number of Topliss-reactive ketones (excluding diaryl/α,β-unsaturated/α-hetero) is 1. The summed E-state index contributed by atoms with van der Waals surface area (Å²) in [6, 6.07) is 5.24. The number of aliphatic carboxylic acids is 1. The highest BCUT2D eigenvalue weighted by Crippen LogP contribution is 2.19. The van der Waals surface area contributed by atoms with Gasteiger partial charge in [0.15, 0.2) is 5.78 Å². The van der Waals surface area contributed by atoms with E-state index in [1.165, 1.54) is 0 Å². The SMILES string of the molecule is CCC(=O)c1ccc2c(c1)nc(CC)n2CC(=O)O. The van der Waals surface area contributed by atoms with Crippen LogP contribution in [0.2, 0.25) is 0 Å². The maximum atomic E-state index is 11.7. The Morgan fingerprint density at radius 3 is 2.63 bits per heavy atom. The summed E-state index contributed by atoms with van der Waals surface area (Å²) < 4.78 is 1.68. The molecule has 0 aliphatic rings. The van der Waals surface area contributed by atoms with Crippen LogP contribution in [0.3, 0.4) is 0 Å². The first-order valence-electron chi connectivity index (χ1n) is 6.31. The van der Waals surface area contributed by atoms with Crippen molar-refractivity contribution >= 4 is 22.8 Å². The molecule has 0 saturated heterocycles. The smallest absolute Gasteiger partial charge is 0.323 e. The Morgan fingerprint density at radius 2 is 2.05 bits per heavy atom. The number of carboxylic acid groups (broad SMARTS) is 1. The third-order valence-electron chi connectivity index (χ3n) is 3.08. The molecule has 2 aromatic rings. The highest BCUT2D eigenvalue weighted by Gasteiger charge is 2.13. The van der Waals surface area contributed by atoms with E-state index in [2.05, 4.69) is 4.98 Å². The molecule has 100 valence electrons. The molecule has 0 radical (unpaired) electrons. The number of aryl methyl sites for hydroxylation is 1. The minimum Gasteiger partial charge on any atom is -0.480 e. The molecule has 1 aromatic heterocycles. The molecule has 0 atom stereocenters. The first-order chi connectivity index (χ1) is 9.06. The van der Waals surface area contributed by atoms with Crippen molar-refractivity contribution in [3.63, 3.8) is 0 Å². The van der Waals surface area contributed by atoms with E-state index in [1.54, 1.807) is 22.8 Å². The van der Waals surface area contributed by atoms with Gasteiger partial charge in [0, 0.05) is 18.4 Å². The van der Waals surface area contributed by atoms with Gasteiger partial charge in [0.1, 0.15) is 12.4 Å². The van der Waals surface area contributed by atoms with Crippen LogP contribution in [0.1, 0.15) is 36.5 Å². The maximum Gasteiger partial charge on any atom is 0.323 e. The van der Waals surface area contributed by atoms with Gasteiger partial charge < -0.3 is 9.67 Å². The zero-order valence-corrected chi connectivity index (χ0v) is 11.0. The van der Waals surface area contributed by atoms with Crippen LogP contribution in [0.25, 0.3) is 11.0 Å². The van der Waals surface area contributed by atoms with E-state index >= 15 is 0 Å². The molecule has 0 aliphatic carbocycles. The minimum absolute atomic E-state index is 0.0627. The third kappa shape index (κ3) is 2.50. The summed E-state index contributed by atoms with van der Waals surface area (Å²) in [5, 5.41) is 8.94. The molecule has 0 amide bonds. The van der Waals surface area contributed by atoms with Crippen molar-refractivity contribution in [2.24, 2.45) is 0 Å². The molecule has 5 heteroatoms. The zero-order chi connectivity index (χ0) is 14.0. The normalized spacial score (nSPS) is 10.8. The van der Waals surface area contributed by atoms with Gasteiger partial charge in [-0.3, -0.25) is 9.59 Å². The highest BCUT2D eigenvalue weighted by molar-refractivity contribution is 5.98. The summed E-state index contributed by atoms with van der Waals surface area (Å²) in [6.45, 7) is 3.63. The summed E-state index contributed by atoms with van der Waals surface area (Å²) in [5.41, 5.74) is 2.06. The molecule has 5 nitrogen and oxygen atoms in total. The van der Waals surface area contributed by atoms with Crippen molar-refractivity contribution in [1.82, 2.24) is 9.55 Å². The van der Waals surface area contributed by atoms with E-state index in [4.69, 9.17) is 5.11 Å². The number of aromatic nitrogens is 2. The number of imidazole rings is 1. The van der Waals surface area contributed by atoms with Gasteiger partial charge in [0.25, 0.3) is 0 Å². The van der Waals surface area contributed by atoms with E-state index in [-0.39, 0.29) is 12.3 Å². The molecule has 0 unspecified atom stereocenters. The van der Waals surface area contributed by atoms with Gasteiger partial charge >= 0.3 is 5.97 Å². The summed E-state index contributed by atoms with van der Waals surface area (Å²) >= 11 is 0. The number of carbonyl (C=O) groups is 2. The van der Waals surface area contributed by atoms with Crippen molar-refractivity contribution < 1.29 is 14.7 Å². The van der Waals surface area contributed by atoms with Crippen LogP contribution < -0.4 is 0 Å². The quantitative estimate of drug-likeness (QED) is 0.837. The molecule has 1 heterocycles. The van der Waals surface area contributed by atoms with Crippen LogP contribution in [0.4, 0.5) is 0 Å². The van der Waals surface area contributed by atoms with Crippen LogP contribution in [-0.2, 0) is 17.8 Å². The van der Waals surface area contributed by atoms with Crippen LogP contribution >= 0.6 is 0 Å². The second-order valence-corrected chi connectivity index (χ2v) is 4.34. The van der Waals surface area contributed by atoms with Crippen LogP contribution in [-0.4, -0.2) is 26.4 Å². The van der Waals surface area contributed by atoms with E-state index in [0.29, 0.717) is 23.9 Å². The molecule has 19 heavy (non-hydrogen) atoms. The Hall–Kier alpha value is -2.17. The monoisotopic (exact) mass is 260 g/mol. The molecular formula is C14H16N2O3. The van der Waals surface area contributed by atoms with Gasteiger partial charge in [-0.05, 0) is 18.2 Å². The first kappa shape index (κ1) is 13.3. The van der Waals surface area contributed by atoms with E-state index in [1.807, 2.05) is 13.8 Å². The standard InChI is InChI=1S/C14H16N2O3/c1-3-12(17)9-5-6-11-10(7-9)15-13(4-2)16(11)8-14(18)19/h5-7H,3-4,8H2,1-2H3,(H,18,19). The summed E-state index contributed by atoms with van der Waals surface area (Å²) in [5.74, 6) is -0.117. The fourth-order valence-electron chi connectivity index (χ4n) is 2.14. The molecule has 0 bridgehead atoms. The third-order valence-corrected chi connectivity index (χ3v) is 3.08. The van der Waals surface area contributed by atoms with E-state index in [0.717, 1.165) is 11.3 Å². The fourth-order valence-corrected chi connectivity index (χ4v) is 2.14. The number of ketones is 1. The summed E-state index contributed by atoms with van der Waals surface area (Å²) in [7, 11) is 0. The maximum absolute atomic E-state index is 11.7. The predicted molar refractivity (Wildman–Crippen MR) is 71.4 cm³/mol. The Labute approximate surface area is 110 Å². The van der Waals surface area contributed by atoms with Crippen molar-refractivity contribution in [3.05, 3.63) is 29.6 Å². The topological polar surface area (TPSA) is 72.2 Å². The number of hydrogen-bond donors (Lipinski definition) is 1. The van der Waals surface area contributed by atoms with Crippen LogP contribution in [0.15, 0.2) is 18.2 Å². The second-order valence-electron chi connectivity index (χ2n) is 4.34. The average Bonchev–Trinajstić information content (AvgIpc) is 2.74. The molecule has 1 N–H and O–H groups in total. The zero-order valence-electron chi connectivity index (χ0n) is 11.0. The van der Waals surface area contributed by atoms with Gasteiger partial charge in [-0.15, -0.1) is 0 Å². The number of fused-ring (bicyclic) bond motifs is 1.